The van der Waals surface area contributed by atoms with Gasteiger partial charge in [-0.1, -0.05) is 48.8 Å². The summed E-state index contributed by atoms with van der Waals surface area (Å²) in [5.74, 6) is 0. The summed E-state index contributed by atoms with van der Waals surface area (Å²) in [6.07, 6.45) is 2.51. The molecule has 0 saturated heterocycles. The number of nitrogens with zero attached hydrogens (tertiary/aromatic N) is 2. The fraction of sp³-hybridized carbons (Fsp3) is 0.152. The number of pyridine rings is 2. The Morgan fingerprint density at radius 3 is 2.06 bits per heavy atom. The maximum absolute atomic E-state index is 7.90. The van der Waals surface area contributed by atoms with Crippen LogP contribution in [0.25, 0.3) is 33.6 Å². The van der Waals surface area contributed by atoms with Crippen molar-refractivity contribution in [1.29, 1.82) is 0 Å². The van der Waals surface area contributed by atoms with Gasteiger partial charge in [0, 0.05) is 53.1 Å². The Morgan fingerprint density at radius 1 is 0.611 bits per heavy atom. The van der Waals surface area contributed by atoms with E-state index >= 15 is 0 Å². The van der Waals surface area contributed by atoms with Crippen molar-refractivity contribution < 1.29 is 40.7 Å². The van der Waals surface area contributed by atoms with E-state index in [1.807, 2.05) is 0 Å². The summed E-state index contributed by atoms with van der Waals surface area (Å²) < 4.78 is 114. The van der Waals surface area contributed by atoms with Crippen molar-refractivity contribution >= 4 is 0 Å². The Morgan fingerprint density at radius 2 is 1.39 bits per heavy atom. The van der Waals surface area contributed by atoms with Crippen molar-refractivity contribution in [2.24, 2.45) is 0 Å². The molecule has 0 spiro atoms. The summed E-state index contributed by atoms with van der Waals surface area (Å²) >= 11 is 0. The normalized spacial score (nSPS) is 18.1. The SMILES string of the molecule is [2H]C([2H])([2H])c1c[c-]c(-c2ccc(C([2H])([2H])[2H])cn2)cc1.[2H]C([2H])([2H])c1ccc(-c2cc(-c3[c-]cccc3)ncc2C([2H])([2H])[2H])c(C([2H])([2H])[2H])c1.[Ir]. The summed E-state index contributed by atoms with van der Waals surface area (Å²) in [7, 11) is 0. The molecule has 1 radical (unpaired) electrons. The Bertz CT molecular complexity index is 1850. The molecule has 36 heavy (non-hydrogen) atoms. The Labute approximate surface area is 249 Å². The molecule has 0 saturated carbocycles. The van der Waals surface area contributed by atoms with E-state index in [2.05, 4.69) is 22.1 Å². The van der Waals surface area contributed by atoms with Crippen LogP contribution < -0.4 is 0 Å². The van der Waals surface area contributed by atoms with Crippen LogP contribution in [-0.2, 0) is 20.1 Å². The van der Waals surface area contributed by atoms with E-state index in [1.165, 1.54) is 48.8 Å². The van der Waals surface area contributed by atoms with Crippen LogP contribution in [-0.4, -0.2) is 9.97 Å². The number of rotatable bonds is 3. The van der Waals surface area contributed by atoms with E-state index in [0.29, 0.717) is 22.5 Å². The smallest absolute Gasteiger partial charge is 0.0280 e. The Balaban J connectivity index is 0.000000292. The molecule has 2 heterocycles. The van der Waals surface area contributed by atoms with Crippen LogP contribution in [0.4, 0.5) is 0 Å². The van der Waals surface area contributed by atoms with Gasteiger partial charge in [-0.05, 0) is 66.6 Å². The maximum atomic E-state index is 7.90. The van der Waals surface area contributed by atoms with Crippen molar-refractivity contribution in [2.45, 2.75) is 34.3 Å². The zero-order valence-electron chi connectivity index (χ0n) is 33.9. The van der Waals surface area contributed by atoms with Gasteiger partial charge < -0.3 is 9.97 Å². The van der Waals surface area contributed by atoms with Gasteiger partial charge in [-0.15, -0.1) is 71.3 Å². The van der Waals surface area contributed by atoms with E-state index < -0.39 is 34.3 Å². The van der Waals surface area contributed by atoms with E-state index in [9.17, 15) is 0 Å². The van der Waals surface area contributed by atoms with Gasteiger partial charge in [0.05, 0.1) is 0 Å². The molecule has 3 heteroatoms. The average molecular weight is 662 g/mol. The third kappa shape index (κ3) is 6.85. The predicted molar refractivity (Wildman–Crippen MR) is 146 cm³/mol. The van der Waals surface area contributed by atoms with E-state index in [0.717, 1.165) is 6.07 Å². The fourth-order valence-corrected chi connectivity index (χ4v) is 3.29. The molecule has 0 bridgehead atoms. The van der Waals surface area contributed by atoms with Gasteiger partial charge in [-0.3, -0.25) is 0 Å². The molecular formula is C33H30IrN2-2. The third-order valence-corrected chi connectivity index (χ3v) is 5.05. The van der Waals surface area contributed by atoms with Crippen LogP contribution in [0.5, 0.6) is 0 Å². The first kappa shape index (κ1) is 13.2. The first-order valence-corrected chi connectivity index (χ1v) is 10.6. The molecule has 183 valence electrons. The summed E-state index contributed by atoms with van der Waals surface area (Å²) in [5, 5.41) is 0. The van der Waals surface area contributed by atoms with Gasteiger partial charge in [0.15, 0.2) is 0 Å². The molecule has 2 aromatic heterocycles. The van der Waals surface area contributed by atoms with E-state index in [-0.39, 0.29) is 59.0 Å². The van der Waals surface area contributed by atoms with Crippen LogP contribution >= 0.6 is 0 Å². The van der Waals surface area contributed by atoms with Crippen LogP contribution in [0.1, 0.15) is 48.4 Å². The standard InChI is InChI=1S/C20H18N.C13H12N.Ir/c1-14-9-10-18(15(2)11-14)19-12-20(21-13-16(19)3)17-7-5-4-6-8-17;1-10-3-6-12(7-4-10)13-8-5-11(2)9-14-13;/h4-7,9-13H,1-3H3;3-6,8-9H,1-2H3;/q2*-1;/i1D3,2D3,3D3;1D3,2D3;. The van der Waals surface area contributed by atoms with Gasteiger partial charge >= 0.3 is 0 Å². The van der Waals surface area contributed by atoms with Gasteiger partial charge in [0.25, 0.3) is 0 Å². The Kier molecular flexibility index (Phi) is 4.61. The molecular weight excluding hydrogens is 617 g/mol. The van der Waals surface area contributed by atoms with Crippen molar-refractivity contribution in [1.82, 2.24) is 9.97 Å². The zero-order valence-corrected chi connectivity index (χ0v) is 21.3. The molecule has 0 fully saturated rings. The number of hydrogen-bond acceptors (Lipinski definition) is 2. The van der Waals surface area contributed by atoms with Gasteiger partial charge in [0.2, 0.25) is 0 Å². The molecule has 0 aliphatic carbocycles. The average Bonchev–Trinajstić information content (AvgIpc) is 3.03. The molecule has 0 aliphatic heterocycles. The third-order valence-electron chi connectivity index (χ3n) is 5.05. The minimum absolute atomic E-state index is 0. The predicted octanol–water partition coefficient (Wildman–Crippen LogP) is 8.30. The van der Waals surface area contributed by atoms with E-state index in [4.69, 9.17) is 20.6 Å². The minimum Gasteiger partial charge on any atom is -0.304 e. The van der Waals surface area contributed by atoms with Crippen molar-refractivity contribution in [2.75, 3.05) is 0 Å². The largest absolute Gasteiger partial charge is 0.304 e. The first-order valence-electron chi connectivity index (χ1n) is 18.1. The fourth-order valence-electron chi connectivity index (χ4n) is 3.29. The first-order chi connectivity index (χ1) is 23.0. The van der Waals surface area contributed by atoms with Crippen molar-refractivity contribution in [3.05, 3.63) is 131 Å². The zero-order chi connectivity index (χ0) is 37.3. The molecule has 3 aromatic carbocycles. The quantitative estimate of drug-likeness (QED) is 0.182. The summed E-state index contributed by atoms with van der Waals surface area (Å²) in [5.41, 5.74) is 2.42. The second kappa shape index (κ2) is 12.5. The minimum atomic E-state index is -2.65. The number of benzene rings is 3. The van der Waals surface area contributed by atoms with Gasteiger partial charge in [-0.2, -0.15) is 0 Å². The molecule has 0 N–H and O–H groups in total. The molecule has 2 nitrogen and oxygen atoms in total. The molecule has 0 atom stereocenters. The molecule has 0 amide bonds. The van der Waals surface area contributed by atoms with Crippen LogP contribution in [0.15, 0.2) is 91.3 Å². The van der Waals surface area contributed by atoms with Crippen LogP contribution in [0, 0.1) is 46.4 Å². The van der Waals surface area contributed by atoms with Crippen molar-refractivity contribution in [3.63, 3.8) is 0 Å². The van der Waals surface area contributed by atoms with Crippen LogP contribution in [0.3, 0.4) is 0 Å². The monoisotopic (exact) mass is 662 g/mol. The molecule has 0 unspecified atom stereocenters. The summed E-state index contributed by atoms with van der Waals surface area (Å²) in [6.45, 7) is -12.0. The maximum Gasteiger partial charge on any atom is 0.0280 e. The van der Waals surface area contributed by atoms with Crippen molar-refractivity contribution in [3.8, 4) is 33.6 Å². The second-order valence-corrected chi connectivity index (χ2v) is 7.57. The topological polar surface area (TPSA) is 25.8 Å². The molecule has 0 aliphatic rings. The van der Waals surface area contributed by atoms with E-state index in [1.54, 1.807) is 36.4 Å². The number of hydrogen-bond donors (Lipinski definition) is 0. The number of aryl methyl sites for hydroxylation is 5. The van der Waals surface area contributed by atoms with Gasteiger partial charge in [0.1, 0.15) is 0 Å². The molecule has 5 rings (SSSR count). The Hall–Kier alpha value is -3.39. The van der Waals surface area contributed by atoms with Crippen LogP contribution in [0.2, 0.25) is 0 Å². The molecule has 5 aromatic rings. The number of aromatic nitrogens is 2. The second-order valence-electron chi connectivity index (χ2n) is 7.57. The summed E-state index contributed by atoms with van der Waals surface area (Å²) in [4.78, 5) is 8.30. The van der Waals surface area contributed by atoms with Gasteiger partial charge in [-0.25, -0.2) is 0 Å². The summed E-state index contributed by atoms with van der Waals surface area (Å²) in [6, 6.07) is 25.7.